The lowest BCUT2D eigenvalue weighted by molar-refractivity contribution is -0.384. The molecular weight excluding hydrogens is 286 g/mol. The van der Waals surface area contributed by atoms with Gasteiger partial charge in [0.25, 0.3) is 5.69 Å². The van der Waals surface area contributed by atoms with Gasteiger partial charge in [-0.2, -0.15) is 0 Å². The van der Waals surface area contributed by atoms with Crippen LogP contribution in [-0.4, -0.2) is 23.8 Å². The van der Waals surface area contributed by atoms with E-state index in [0.29, 0.717) is 11.1 Å². The van der Waals surface area contributed by atoms with Gasteiger partial charge in [-0.1, -0.05) is 24.3 Å². The number of nitrogens with zero attached hydrogens (tertiary/aromatic N) is 1. The van der Waals surface area contributed by atoms with Gasteiger partial charge >= 0.3 is 5.97 Å². The molecule has 0 heterocycles. The zero-order chi connectivity index (χ0) is 16.3. The third kappa shape index (κ3) is 2.85. The first-order valence-electron chi connectivity index (χ1n) is 6.42. The SMILES string of the molecule is COC(=O)c1cccc([N+](=O)[O-])c1-c1cccc(C(C)=O)c1. The van der Waals surface area contributed by atoms with Crippen molar-refractivity contribution in [3.8, 4) is 11.1 Å². The van der Waals surface area contributed by atoms with Gasteiger partial charge in [0, 0.05) is 11.6 Å². The van der Waals surface area contributed by atoms with Gasteiger partial charge < -0.3 is 4.74 Å². The first-order valence-corrected chi connectivity index (χ1v) is 6.42. The number of hydrogen-bond donors (Lipinski definition) is 0. The molecule has 0 radical (unpaired) electrons. The highest BCUT2D eigenvalue weighted by Gasteiger charge is 2.23. The third-order valence-electron chi connectivity index (χ3n) is 3.20. The van der Waals surface area contributed by atoms with E-state index in [2.05, 4.69) is 4.74 Å². The largest absolute Gasteiger partial charge is 0.465 e. The molecule has 0 aliphatic heterocycles. The van der Waals surface area contributed by atoms with Gasteiger partial charge in [0.1, 0.15) is 0 Å². The minimum atomic E-state index is -0.674. The topological polar surface area (TPSA) is 86.5 Å². The smallest absolute Gasteiger partial charge is 0.338 e. The fourth-order valence-electron chi connectivity index (χ4n) is 2.17. The number of nitro groups is 1. The number of benzene rings is 2. The van der Waals surface area contributed by atoms with Crippen molar-refractivity contribution >= 4 is 17.4 Å². The molecule has 0 fully saturated rings. The minimum absolute atomic E-state index is 0.0809. The maximum Gasteiger partial charge on any atom is 0.338 e. The van der Waals surface area contributed by atoms with E-state index in [-0.39, 0.29) is 22.6 Å². The van der Waals surface area contributed by atoms with Gasteiger partial charge in [0.05, 0.1) is 23.2 Å². The predicted molar refractivity (Wildman–Crippen MR) is 79.9 cm³/mol. The Morgan fingerprint density at radius 1 is 1.14 bits per heavy atom. The molecule has 0 spiro atoms. The van der Waals surface area contributed by atoms with Crippen LogP contribution in [0.3, 0.4) is 0 Å². The van der Waals surface area contributed by atoms with E-state index in [0.717, 1.165) is 0 Å². The quantitative estimate of drug-likeness (QED) is 0.374. The van der Waals surface area contributed by atoms with Gasteiger partial charge in [-0.05, 0) is 24.6 Å². The summed E-state index contributed by atoms with van der Waals surface area (Å²) in [7, 11) is 1.21. The highest BCUT2D eigenvalue weighted by molar-refractivity contribution is 6.01. The zero-order valence-corrected chi connectivity index (χ0v) is 12.0. The van der Waals surface area contributed by atoms with E-state index in [1.807, 2.05) is 0 Å². The monoisotopic (exact) mass is 299 g/mol. The minimum Gasteiger partial charge on any atom is -0.465 e. The molecule has 0 atom stereocenters. The fraction of sp³-hybridized carbons (Fsp3) is 0.125. The molecule has 0 aliphatic carbocycles. The second kappa shape index (κ2) is 6.17. The Balaban J connectivity index is 2.76. The number of carbonyl (C=O) groups excluding carboxylic acids is 2. The molecule has 0 aliphatic rings. The van der Waals surface area contributed by atoms with Crippen molar-refractivity contribution in [1.82, 2.24) is 0 Å². The summed E-state index contributed by atoms with van der Waals surface area (Å²) in [6.45, 7) is 1.40. The number of esters is 1. The maximum absolute atomic E-state index is 11.9. The van der Waals surface area contributed by atoms with Gasteiger partial charge in [-0.15, -0.1) is 0 Å². The number of nitro benzene ring substituents is 1. The summed E-state index contributed by atoms with van der Waals surface area (Å²) in [4.78, 5) is 34.1. The van der Waals surface area contributed by atoms with E-state index in [1.54, 1.807) is 18.2 Å². The number of ketones is 1. The highest BCUT2D eigenvalue weighted by Crippen LogP contribution is 2.34. The second-order valence-corrected chi connectivity index (χ2v) is 4.59. The summed E-state index contributed by atoms with van der Waals surface area (Å²) in [6, 6.07) is 10.5. The highest BCUT2D eigenvalue weighted by atomic mass is 16.6. The molecule has 6 nitrogen and oxygen atoms in total. The molecule has 0 unspecified atom stereocenters. The van der Waals surface area contributed by atoms with Crippen LogP contribution in [0.2, 0.25) is 0 Å². The first kappa shape index (κ1) is 15.4. The fourth-order valence-corrected chi connectivity index (χ4v) is 2.17. The molecule has 0 aromatic heterocycles. The van der Waals surface area contributed by atoms with E-state index in [1.165, 1.54) is 38.3 Å². The molecule has 2 aromatic carbocycles. The van der Waals surface area contributed by atoms with Crippen LogP contribution in [0.15, 0.2) is 42.5 Å². The first-order chi connectivity index (χ1) is 10.5. The number of methoxy groups -OCH3 is 1. The Morgan fingerprint density at radius 3 is 2.41 bits per heavy atom. The number of rotatable bonds is 4. The van der Waals surface area contributed by atoms with Crippen molar-refractivity contribution in [2.24, 2.45) is 0 Å². The summed E-state index contributed by atoms with van der Waals surface area (Å²) in [6.07, 6.45) is 0. The molecule has 0 amide bonds. The average molecular weight is 299 g/mol. The van der Waals surface area contributed by atoms with Crippen LogP contribution in [0.1, 0.15) is 27.6 Å². The molecule has 0 bridgehead atoms. The lowest BCUT2D eigenvalue weighted by Gasteiger charge is -2.09. The summed E-state index contributed by atoms with van der Waals surface area (Å²) in [5, 5.41) is 11.3. The average Bonchev–Trinajstić information content (AvgIpc) is 2.53. The lowest BCUT2D eigenvalue weighted by Crippen LogP contribution is -2.06. The number of ether oxygens (including phenoxy) is 1. The Hall–Kier alpha value is -3.02. The molecular formula is C16H13NO5. The van der Waals surface area contributed by atoms with E-state index in [9.17, 15) is 19.7 Å². The van der Waals surface area contributed by atoms with Crippen LogP contribution in [0.4, 0.5) is 5.69 Å². The lowest BCUT2D eigenvalue weighted by atomic mass is 9.95. The molecule has 112 valence electrons. The number of hydrogen-bond acceptors (Lipinski definition) is 5. The van der Waals surface area contributed by atoms with Crippen molar-refractivity contribution in [3.05, 3.63) is 63.7 Å². The number of carbonyl (C=O) groups is 2. The Morgan fingerprint density at radius 2 is 1.82 bits per heavy atom. The van der Waals surface area contributed by atoms with Crippen molar-refractivity contribution in [3.63, 3.8) is 0 Å². The summed E-state index contributed by atoms with van der Waals surface area (Å²) >= 11 is 0. The molecule has 0 N–H and O–H groups in total. The van der Waals surface area contributed by atoms with Gasteiger partial charge in [-0.25, -0.2) is 4.79 Å². The Kier molecular flexibility index (Phi) is 4.31. The molecule has 0 saturated heterocycles. The van der Waals surface area contributed by atoms with Gasteiger partial charge in [0.2, 0.25) is 0 Å². The summed E-state index contributed by atoms with van der Waals surface area (Å²) < 4.78 is 4.68. The molecule has 2 aromatic rings. The standard InChI is InChI=1S/C16H13NO5/c1-10(18)11-5-3-6-12(9-11)15-13(16(19)22-2)7-4-8-14(15)17(20)21/h3-9H,1-2H3. The molecule has 0 saturated carbocycles. The third-order valence-corrected chi connectivity index (χ3v) is 3.20. The summed E-state index contributed by atoms with van der Waals surface area (Å²) in [5.41, 5.74) is 0.829. The normalized spacial score (nSPS) is 10.1. The molecule has 2 rings (SSSR count). The second-order valence-electron chi connectivity index (χ2n) is 4.59. The van der Waals surface area contributed by atoms with Crippen LogP contribution in [0.5, 0.6) is 0 Å². The zero-order valence-electron chi connectivity index (χ0n) is 12.0. The summed E-state index contributed by atoms with van der Waals surface area (Å²) in [5.74, 6) is -0.841. The van der Waals surface area contributed by atoms with Gasteiger partial charge in [-0.3, -0.25) is 14.9 Å². The Bertz CT molecular complexity index is 767. The van der Waals surface area contributed by atoms with E-state index in [4.69, 9.17) is 0 Å². The van der Waals surface area contributed by atoms with Crippen molar-refractivity contribution in [2.45, 2.75) is 6.92 Å². The molecule has 6 heteroatoms. The van der Waals surface area contributed by atoms with Crippen LogP contribution in [-0.2, 0) is 4.74 Å². The van der Waals surface area contributed by atoms with Crippen molar-refractivity contribution in [1.29, 1.82) is 0 Å². The van der Waals surface area contributed by atoms with E-state index < -0.39 is 10.9 Å². The van der Waals surface area contributed by atoms with Crippen LogP contribution in [0, 0.1) is 10.1 Å². The maximum atomic E-state index is 11.9. The predicted octanol–water partition coefficient (Wildman–Crippen LogP) is 3.25. The van der Waals surface area contributed by atoms with Crippen LogP contribution in [0.25, 0.3) is 11.1 Å². The van der Waals surface area contributed by atoms with Gasteiger partial charge in [0.15, 0.2) is 5.78 Å². The van der Waals surface area contributed by atoms with E-state index >= 15 is 0 Å². The van der Waals surface area contributed by atoms with Crippen molar-refractivity contribution in [2.75, 3.05) is 7.11 Å². The Labute approximate surface area is 126 Å². The number of Topliss-reactive ketones (excluding diaryl/α,β-unsaturated/α-hetero) is 1. The molecule has 22 heavy (non-hydrogen) atoms. The van der Waals surface area contributed by atoms with Crippen LogP contribution < -0.4 is 0 Å². The van der Waals surface area contributed by atoms with Crippen molar-refractivity contribution < 1.29 is 19.2 Å². The van der Waals surface area contributed by atoms with Crippen LogP contribution >= 0.6 is 0 Å².